The zero-order valence-electron chi connectivity index (χ0n) is 15.8. The van der Waals surface area contributed by atoms with E-state index in [1.165, 1.54) is 10.5 Å². The lowest BCUT2D eigenvalue weighted by atomic mass is 9.97. The van der Waals surface area contributed by atoms with Crippen molar-refractivity contribution in [2.45, 2.75) is 38.3 Å². The number of nitrogens with one attached hydrogen (secondary N) is 1. The molecular weight excluding hydrogens is 352 g/mol. The first-order valence-electron chi connectivity index (χ1n) is 9.78. The van der Waals surface area contributed by atoms with E-state index < -0.39 is 12.1 Å². The molecule has 144 valence electrons. The van der Waals surface area contributed by atoms with Gasteiger partial charge in [0.25, 0.3) is 0 Å². The minimum Gasteiger partial charge on any atom is -0.445 e. The van der Waals surface area contributed by atoms with Crippen molar-refractivity contribution in [3.63, 3.8) is 0 Å². The number of ether oxygens (including phenoxy) is 1. The summed E-state index contributed by atoms with van der Waals surface area (Å²) in [6.07, 6.45) is 7.34. The number of carbonyl (C=O) groups excluding carboxylic acids is 2. The average molecular weight is 376 g/mol. The maximum absolute atomic E-state index is 12.8. The predicted molar refractivity (Wildman–Crippen MR) is 109 cm³/mol. The van der Waals surface area contributed by atoms with Gasteiger partial charge in [0.1, 0.15) is 12.6 Å². The molecular formula is C23H24N2O3. The van der Waals surface area contributed by atoms with Crippen LogP contribution in [0.1, 0.15) is 36.0 Å². The summed E-state index contributed by atoms with van der Waals surface area (Å²) in [6.45, 7) is 0.750. The number of nitrogens with zero attached hydrogens (tertiary/aromatic N) is 1. The number of likely N-dealkylation sites (tertiary alicyclic amines) is 1. The van der Waals surface area contributed by atoms with E-state index in [2.05, 4.69) is 23.5 Å². The van der Waals surface area contributed by atoms with Gasteiger partial charge in [-0.3, -0.25) is 9.69 Å². The monoisotopic (exact) mass is 376 g/mol. The van der Waals surface area contributed by atoms with Crippen LogP contribution in [0.25, 0.3) is 6.08 Å². The third-order valence-electron chi connectivity index (χ3n) is 5.29. The Bertz CT molecular complexity index is 892. The summed E-state index contributed by atoms with van der Waals surface area (Å²) in [6, 6.07) is 15.1. The first kappa shape index (κ1) is 18.3. The lowest BCUT2D eigenvalue weighted by Crippen LogP contribution is -2.43. The Balaban J connectivity index is 1.38. The standard InChI is InChI=1S/C23H24N2O3/c26-22(24-20-13-12-18-9-4-5-10-19(18)15-20)21-11-6-14-25(21)23(27)28-16-17-7-2-1-3-8-17/h1-3,5,7-8,10,12-13,15,21H,4,6,9,11,14,16H2,(H,24,26)/t21-/m0/s1. The molecule has 28 heavy (non-hydrogen) atoms. The molecule has 2 aromatic rings. The maximum atomic E-state index is 12.8. The molecule has 1 aliphatic heterocycles. The van der Waals surface area contributed by atoms with Crippen LogP contribution in [0.4, 0.5) is 10.5 Å². The van der Waals surface area contributed by atoms with E-state index in [0.29, 0.717) is 13.0 Å². The van der Waals surface area contributed by atoms with E-state index in [9.17, 15) is 9.59 Å². The summed E-state index contributed by atoms with van der Waals surface area (Å²) in [5, 5.41) is 2.97. The SMILES string of the molecule is O=C(Nc1ccc2c(c1)C=CCC2)[C@@H]1CCCN1C(=O)OCc1ccccc1. The zero-order valence-corrected chi connectivity index (χ0v) is 15.8. The molecule has 1 aliphatic carbocycles. The quantitative estimate of drug-likeness (QED) is 0.861. The van der Waals surface area contributed by atoms with Gasteiger partial charge in [0, 0.05) is 12.2 Å². The summed E-state index contributed by atoms with van der Waals surface area (Å²) < 4.78 is 5.41. The number of rotatable bonds is 4. The molecule has 5 nitrogen and oxygen atoms in total. The molecule has 1 atom stereocenters. The smallest absolute Gasteiger partial charge is 0.410 e. The lowest BCUT2D eigenvalue weighted by molar-refractivity contribution is -0.120. The van der Waals surface area contributed by atoms with Crippen molar-refractivity contribution in [3.8, 4) is 0 Å². The number of amides is 2. The summed E-state index contributed by atoms with van der Waals surface area (Å²) >= 11 is 0. The van der Waals surface area contributed by atoms with Crippen LogP contribution in [-0.2, 0) is 22.6 Å². The van der Waals surface area contributed by atoms with Crippen LogP contribution in [0.5, 0.6) is 0 Å². The average Bonchev–Trinajstić information content (AvgIpc) is 3.23. The first-order valence-corrected chi connectivity index (χ1v) is 9.78. The largest absolute Gasteiger partial charge is 0.445 e. The Kier molecular flexibility index (Phi) is 5.42. The van der Waals surface area contributed by atoms with Gasteiger partial charge in [-0.2, -0.15) is 0 Å². The highest BCUT2D eigenvalue weighted by Crippen LogP contribution is 2.25. The fraction of sp³-hybridized carbons (Fsp3) is 0.304. The molecule has 1 N–H and O–H groups in total. The first-order chi connectivity index (χ1) is 13.7. The van der Waals surface area contributed by atoms with Gasteiger partial charge in [-0.05, 0) is 54.5 Å². The van der Waals surface area contributed by atoms with Crippen molar-refractivity contribution in [3.05, 3.63) is 71.3 Å². The second-order valence-corrected chi connectivity index (χ2v) is 7.24. The summed E-state index contributed by atoms with van der Waals surface area (Å²) in [5.41, 5.74) is 4.14. The molecule has 0 aromatic heterocycles. The molecule has 4 rings (SSSR count). The number of fused-ring (bicyclic) bond motifs is 1. The van der Waals surface area contributed by atoms with Crippen molar-refractivity contribution in [2.24, 2.45) is 0 Å². The maximum Gasteiger partial charge on any atom is 0.410 e. The molecule has 0 bridgehead atoms. The molecule has 1 saturated heterocycles. The number of allylic oxidation sites excluding steroid dienone is 1. The van der Waals surface area contributed by atoms with Crippen LogP contribution in [-0.4, -0.2) is 29.5 Å². The van der Waals surface area contributed by atoms with E-state index in [1.807, 2.05) is 42.5 Å². The molecule has 2 amide bonds. The van der Waals surface area contributed by atoms with Crippen LogP contribution < -0.4 is 5.32 Å². The minimum absolute atomic E-state index is 0.158. The van der Waals surface area contributed by atoms with Gasteiger partial charge < -0.3 is 10.1 Å². The molecule has 0 saturated carbocycles. The van der Waals surface area contributed by atoms with Crippen LogP contribution >= 0.6 is 0 Å². The van der Waals surface area contributed by atoms with Crippen LogP contribution in [0.2, 0.25) is 0 Å². The lowest BCUT2D eigenvalue weighted by Gasteiger charge is -2.23. The van der Waals surface area contributed by atoms with Crippen LogP contribution in [0.15, 0.2) is 54.6 Å². The summed E-state index contributed by atoms with van der Waals surface area (Å²) in [5.74, 6) is -0.158. The second kappa shape index (κ2) is 8.30. The van der Waals surface area contributed by atoms with Gasteiger partial charge in [-0.1, -0.05) is 48.6 Å². The van der Waals surface area contributed by atoms with Crippen LogP contribution in [0, 0.1) is 0 Å². The van der Waals surface area contributed by atoms with Crippen molar-refractivity contribution in [2.75, 3.05) is 11.9 Å². The highest BCUT2D eigenvalue weighted by Gasteiger charge is 2.35. The topological polar surface area (TPSA) is 58.6 Å². The second-order valence-electron chi connectivity index (χ2n) is 7.24. The van der Waals surface area contributed by atoms with Crippen molar-refractivity contribution in [1.29, 1.82) is 0 Å². The van der Waals surface area contributed by atoms with Gasteiger partial charge in [-0.25, -0.2) is 4.79 Å². The van der Waals surface area contributed by atoms with Crippen molar-refractivity contribution in [1.82, 2.24) is 4.90 Å². The number of hydrogen-bond donors (Lipinski definition) is 1. The number of anilines is 1. The Labute approximate surface area is 165 Å². The third kappa shape index (κ3) is 4.09. The van der Waals surface area contributed by atoms with E-state index in [-0.39, 0.29) is 12.5 Å². The van der Waals surface area contributed by atoms with Gasteiger partial charge >= 0.3 is 6.09 Å². The number of aryl methyl sites for hydroxylation is 1. The number of carbonyl (C=O) groups is 2. The Morgan fingerprint density at radius 2 is 2.00 bits per heavy atom. The van der Waals surface area contributed by atoms with Gasteiger partial charge in [0.05, 0.1) is 0 Å². The molecule has 1 fully saturated rings. The van der Waals surface area contributed by atoms with Gasteiger partial charge in [-0.15, -0.1) is 0 Å². The highest BCUT2D eigenvalue weighted by atomic mass is 16.6. The van der Waals surface area contributed by atoms with E-state index in [1.54, 1.807) is 0 Å². The molecule has 1 heterocycles. The van der Waals surface area contributed by atoms with Crippen molar-refractivity contribution < 1.29 is 14.3 Å². The van der Waals surface area contributed by atoms with Gasteiger partial charge in [0.2, 0.25) is 5.91 Å². The van der Waals surface area contributed by atoms with E-state index in [4.69, 9.17) is 4.74 Å². The molecule has 0 unspecified atom stereocenters. The van der Waals surface area contributed by atoms with E-state index >= 15 is 0 Å². The summed E-state index contributed by atoms with van der Waals surface area (Å²) in [4.78, 5) is 26.8. The Morgan fingerprint density at radius 3 is 2.86 bits per heavy atom. The fourth-order valence-electron chi connectivity index (χ4n) is 3.79. The normalized spacial score (nSPS) is 17.9. The molecule has 0 radical (unpaired) electrons. The Morgan fingerprint density at radius 1 is 1.14 bits per heavy atom. The molecule has 5 heteroatoms. The fourth-order valence-corrected chi connectivity index (χ4v) is 3.79. The molecule has 2 aliphatic rings. The third-order valence-corrected chi connectivity index (χ3v) is 5.29. The number of hydrogen-bond acceptors (Lipinski definition) is 3. The molecule has 0 spiro atoms. The molecule has 2 aromatic carbocycles. The Hall–Kier alpha value is -3.08. The van der Waals surface area contributed by atoms with Gasteiger partial charge in [0.15, 0.2) is 0 Å². The van der Waals surface area contributed by atoms with Crippen LogP contribution in [0.3, 0.4) is 0 Å². The highest BCUT2D eigenvalue weighted by molar-refractivity contribution is 5.97. The zero-order chi connectivity index (χ0) is 19.3. The number of benzene rings is 2. The van der Waals surface area contributed by atoms with Crippen molar-refractivity contribution >= 4 is 23.8 Å². The predicted octanol–water partition coefficient (Wildman–Crippen LogP) is 4.39. The van der Waals surface area contributed by atoms with E-state index in [0.717, 1.165) is 36.1 Å². The summed E-state index contributed by atoms with van der Waals surface area (Å²) in [7, 11) is 0. The minimum atomic E-state index is -0.491.